The van der Waals surface area contributed by atoms with Gasteiger partial charge >= 0.3 is 0 Å². The van der Waals surface area contributed by atoms with Crippen LogP contribution in [-0.2, 0) is 10.2 Å². The van der Waals surface area contributed by atoms with Crippen molar-refractivity contribution in [2.24, 2.45) is 5.92 Å². The van der Waals surface area contributed by atoms with Crippen molar-refractivity contribution in [2.45, 2.75) is 25.7 Å². The van der Waals surface area contributed by atoms with Crippen molar-refractivity contribution in [2.75, 3.05) is 12.4 Å². The third-order valence-electron chi connectivity index (χ3n) is 5.75. The van der Waals surface area contributed by atoms with Gasteiger partial charge in [-0.05, 0) is 43.5 Å². The average molecular weight is 371 g/mol. The second kappa shape index (κ2) is 7.16. The Hall–Kier alpha value is -3.07. The first-order valence-electron chi connectivity index (χ1n) is 9.62. The van der Waals surface area contributed by atoms with E-state index in [1.54, 1.807) is 7.11 Å². The van der Waals surface area contributed by atoms with Gasteiger partial charge in [-0.3, -0.25) is 4.79 Å². The molecule has 3 aromatic rings. The zero-order valence-electron chi connectivity index (χ0n) is 16.5. The highest BCUT2D eigenvalue weighted by Gasteiger charge is 2.60. The lowest BCUT2D eigenvalue weighted by atomic mass is 9.85. The van der Waals surface area contributed by atoms with Crippen LogP contribution < -0.4 is 10.1 Å². The highest BCUT2D eigenvalue weighted by atomic mass is 16.5. The van der Waals surface area contributed by atoms with Crippen LogP contribution in [0.2, 0.25) is 0 Å². The maximum atomic E-state index is 13.1. The van der Waals surface area contributed by atoms with Crippen molar-refractivity contribution in [1.82, 2.24) is 0 Å². The number of hydrogen-bond donors (Lipinski definition) is 1. The predicted octanol–water partition coefficient (Wildman–Crippen LogP) is 5.26. The topological polar surface area (TPSA) is 38.3 Å². The number of anilines is 1. The normalized spacial score (nSPS) is 17.0. The van der Waals surface area contributed by atoms with Gasteiger partial charge in [-0.25, -0.2) is 0 Å². The number of ether oxygens (including phenoxy) is 1. The Morgan fingerprint density at radius 2 is 1.50 bits per heavy atom. The maximum absolute atomic E-state index is 13.1. The van der Waals surface area contributed by atoms with Gasteiger partial charge in [0.15, 0.2) is 0 Å². The fourth-order valence-corrected chi connectivity index (χ4v) is 4.02. The van der Waals surface area contributed by atoms with Crippen molar-refractivity contribution in [1.29, 1.82) is 0 Å². The zero-order chi connectivity index (χ0) is 19.7. The van der Waals surface area contributed by atoms with Crippen LogP contribution in [0.4, 0.5) is 5.69 Å². The minimum Gasteiger partial charge on any atom is -0.497 e. The summed E-state index contributed by atoms with van der Waals surface area (Å²) in [5.41, 5.74) is 5.35. The summed E-state index contributed by atoms with van der Waals surface area (Å²) in [5.74, 6) is 0.690. The van der Waals surface area contributed by atoms with Gasteiger partial charge in [-0.2, -0.15) is 0 Å². The summed E-state index contributed by atoms with van der Waals surface area (Å²) in [6, 6.07) is 24.6. The number of nitrogens with one attached hydrogen (secondary N) is 1. The zero-order valence-corrected chi connectivity index (χ0v) is 16.5. The number of carbonyl (C=O) groups excluding carboxylic acids is 1. The van der Waals surface area contributed by atoms with E-state index in [2.05, 4.69) is 67.7 Å². The summed E-state index contributed by atoms with van der Waals surface area (Å²) in [5, 5.41) is 3.08. The van der Waals surface area contributed by atoms with Crippen LogP contribution in [0.15, 0.2) is 72.8 Å². The number of carbonyl (C=O) groups is 1. The van der Waals surface area contributed by atoms with E-state index in [1.165, 1.54) is 22.3 Å². The van der Waals surface area contributed by atoms with Gasteiger partial charge < -0.3 is 10.1 Å². The highest BCUT2D eigenvalue weighted by molar-refractivity contribution is 5.97. The second-order valence-electron chi connectivity index (χ2n) is 7.68. The molecule has 3 aromatic carbocycles. The molecule has 4 rings (SSSR count). The van der Waals surface area contributed by atoms with Crippen molar-refractivity contribution in [3.63, 3.8) is 0 Å². The molecule has 1 atom stereocenters. The van der Waals surface area contributed by atoms with Crippen LogP contribution in [0.3, 0.4) is 0 Å². The number of aryl methyl sites for hydroxylation is 2. The molecule has 0 aliphatic heterocycles. The molecule has 0 spiro atoms. The minimum absolute atomic E-state index is 0.0504. The molecule has 142 valence electrons. The Labute approximate surface area is 166 Å². The Morgan fingerprint density at radius 1 is 0.929 bits per heavy atom. The van der Waals surface area contributed by atoms with E-state index in [9.17, 15) is 4.79 Å². The summed E-state index contributed by atoms with van der Waals surface area (Å²) in [4.78, 5) is 13.1. The van der Waals surface area contributed by atoms with Gasteiger partial charge in [0.1, 0.15) is 5.75 Å². The van der Waals surface area contributed by atoms with E-state index in [0.29, 0.717) is 0 Å². The van der Waals surface area contributed by atoms with Crippen molar-refractivity contribution < 1.29 is 9.53 Å². The number of rotatable bonds is 5. The predicted molar refractivity (Wildman–Crippen MR) is 113 cm³/mol. The second-order valence-corrected chi connectivity index (χ2v) is 7.68. The molecule has 0 bridgehead atoms. The monoisotopic (exact) mass is 371 g/mol. The fraction of sp³-hybridized carbons (Fsp3) is 0.240. The van der Waals surface area contributed by atoms with E-state index in [4.69, 9.17) is 4.74 Å². The summed E-state index contributed by atoms with van der Waals surface area (Å²) in [6.07, 6.45) is 0.814. The largest absolute Gasteiger partial charge is 0.497 e. The molecule has 1 aliphatic carbocycles. The Kier molecular flexibility index (Phi) is 4.68. The van der Waals surface area contributed by atoms with Crippen LogP contribution in [0, 0.1) is 19.8 Å². The first-order chi connectivity index (χ1) is 13.5. The Balaban J connectivity index is 1.65. The molecule has 1 amide bonds. The number of methoxy groups -OCH3 is 1. The summed E-state index contributed by atoms with van der Waals surface area (Å²) in [7, 11) is 1.63. The van der Waals surface area contributed by atoms with Gasteiger partial charge in [0, 0.05) is 17.2 Å². The third kappa shape index (κ3) is 3.29. The van der Waals surface area contributed by atoms with Gasteiger partial charge in [-0.1, -0.05) is 65.7 Å². The lowest BCUT2D eigenvalue weighted by Gasteiger charge is -2.19. The van der Waals surface area contributed by atoms with E-state index >= 15 is 0 Å². The van der Waals surface area contributed by atoms with Crippen LogP contribution >= 0.6 is 0 Å². The quantitative estimate of drug-likeness (QED) is 0.665. The molecule has 1 fully saturated rings. The van der Waals surface area contributed by atoms with Crippen molar-refractivity contribution in [3.8, 4) is 5.75 Å². The number of hydrogen-bond acceptors (Lipinski definition) is 2. The maximum Gasteiger partial charge on any atom is 0.228 e. The first kappa shape index (κ1) is 18.3. The summed E-state index contributed by atoms with van der Waals surface area (Å²) < 4.78 is 5.26. The van der Waals surface area contributed by atoms with Gasteiger partial charge in [-0.15, -0.1) is 0 Å². The fourth-order valence-electron chi connectivity index (χ4n) is 4.02. The first-order valence-corrected chi connectivity index (χ1v) is 9.62. The molecule has 0 radical (unpaired) electrons. The standard InChI is InChI=1S/C25H25NO2/c1-17-7-11-19(12-8-17)25(20-13-9-18(2)10-14-20)16-23(25)24(27)26-21-5-4-6-22(15-21)28-3/h4-15,23H,16H2,1-3H3,(H,26,27)/t23-/m1/s1. The molecule has 0 saturated heterocycles. The van der Waals surface area contributed by atoms with E-state index in [-0.39, 0.29) is 17.2 Å². The smallest absolute Gasteiger partial charge is 0.228 e. The summed E-state index contributed by atoms with van der Waals surface area (Å²) in [6.45, 7) is 4.17. The Bertz CT molecular complexity index is 944. The lowest BCUT2D eigenvalue weighted by Crippen LogP contribution is -2.22. The van der Waals surface area contributed by atoms with E-state index < -0.39 is 0 Å². The molecule has 3 heteroatoms. The molecule has 1 N–H and O–H groups in total. The molecule has 0 aromatic heterocycles. The number of amides is 1. The van der Waals surface area contributed by atoms with Crippen LogP contribution in [-0.4, -0.2) is 13.0 Å². The summed E-state index contributed by atoms with van der Waals surface area (Å²) >= 11 is 0. The van der Waals surface area contributed by atoms with E-state index in [0.717, 1.165) is 17.9 Å². The Morgan fingerprint density at radius 3 is 2.04 bits per heavy atom. The molecule has 0 heterocycles. The van der Waals surface area contributed by atoms with Crippen molar-refractivity contribution >= 4 is 11.6 Å². The van der Waals surface area contributed by atoms with Gasteiger partial charge in [0.2, 0.25) is 5.91 Å². The van der Waals surface area contributed by atoms with Crippen LogP contribution in [0.5, 0.6) is 5.75 Å². The van der Waals surface area contributed by atoms with Crippen LogP contribution in [0.25, 0.3) is 0 Å². The molecule has 3 nitrogen and oxygen atoms in total. The average Bonchev–Trinajstić information content (AvgIpc) is 3.46. The molecule has 1 aliphatic rings. The minimum atomic E-state index is -0.260. The number of benzene rings is 3. The third-order valence-corrected chi connectivity index (χ3v) is 5.75. The molecular weight excluding hydrogens is 346 g/mol. The molecule has 0 unspecified atom stereocenters. The molecule has 28 heavy (non-hydrogen) atoms. The van der Waals surface area contributed by atoms with Crippen LogP contribution in [0.1, 0.15) is 28.7 Å². The van der Waals surface area contributed by atoms with Gasteiger partial charge in [0.25, 0.3) is 0 Å². The lowest BCUT2D eigenvalue weighted by molar-refractivity contribution is -0.117. The van der Waals surface area contributed by atoms with E-state index in [1.807, 2.05) is 24.3 Å². The molecule has 1 saturated carbocycles. The van der Waals surface area contributed by atoms with Crippen molar-refractivity contribution in [3.05, 3.63) is 95.1 Å². The highest BCUT2D eigenvalue weighted by Crippen LogP contribution is 2.59. The van der Waals surface area contributed by atoms with Gasteiger partial charge in [0.05, 0.1) is 13.0 Å². The SMILES string of the molecule is COc1cccc(NC(=O)[C@H]2CC2(c2ccc(C)cc2)c2ccc(C)cc2)c1. The molecular formula is C25H25NO2.